The van der Waals surface area contributed by atoms with Crippen molar-refractivity contribution < 1.29 is 13.9 Å². The van der Waals surface area contributed by atoms with Crippen molar-refractivity contribution in [2.75, 3.05) is 19.5 Å². The molecule has 1 aromatic heterocycles. The summed E-state index contributed by atoms with van der Waals surface area (Å²) in [4.78, 5) is 4.30. The van der Waals surface area contributed by atoms with Crippen molar-refractivity contribution in [1.29, 1.82) is 0 Å². The van der Waals surface area contributed by atoms with Gasteiger partial charge in [-0.2, -0.15) is 0 Å². The molecule has 1 aromatic carbocycles. The Kier molecular flexibility index (Phi) is 4.74. The normalized spacial score (nSPS) is 10.5. The Morgan fingerprint density at radius 1 is 1.16 bits per heavy atom. The molecule has 0 aliphatic carbocycles. The van der Waals surface area contributed by atoms with Gasteiger partial charge in [0.2, 0.25) is 0 Å². The number of hydrogen-bond acceptors (Lipinski definition) is 5. The third-order valence-electron chi connectivity index (χ3n) is 2.65. The topological polar surface area (TPSA) is 44.5 Å². The molecule has 0 unspecified atom stereocenters. The summed E-state index contributed by atoms with van der Waals surface area (Å²) in [7, 11) is 1.65. The summed E-state index contributed by atoms with van der Waals surface area (Å²) in [6.07, 6.45) is 0. The summed E-state index contributed by atoms with van der Waals surface area (Å²) in [5, 5.41) is 0.702. The highest BCUT2D eigenvalue weighted by Crippen LogP contribution is 2.21. The van der Waals surface area contributed by atoms with Crippen LogP contribution in [0.15, 0.2) is 33.9 Å². The summed E-state index contributed by atoms with van der Waals surface area (Å²) < 4.78 is 16.2. The van der Waals surface area contributed by atoms with Crippen LogP contribution in [-0.4, -0.2) is 24.5 Å². The molecule has 0 amide bonds. The van der Waals surface area contributed by atoms with Crippen molar-refractivity contribution in [2.45, 2.75) is 19.1 Å². The van der Waals surface area contributed by atoms with Crippen LogP contribution in [0.1, 0.15) is 11.5 Å². The van der Waals surface area contributed by atoms with Crippen molar-refractivity contribution in [3.05, 3.63) is 35.7 Å². The van der Waals surface area contributed by atoms with Crippen molar-refractivity contribution in [1.82, 2.24) is 4.98 Å². The Labute approximate surface area is 117 Å². The molecule has 0 bridgehead atoms. The number of benzene rings is 1. The first-order valence-electron chi connectivity index (χ1n) is 6.02. The van der Waals surface area contributed by atoms with Crippen LogP contribution < -0.4 is 9.47 Å². The lowest BCUT2D eigenvalue weighted by atomic mass is 10.3. The molecule has 4 nitrogen and oxygen atoms in total. The minimum atomic E-state index is 0.609. The number of thioether (sulfide) groups is 1. The van der Waals surface area contributed by atoms with Crippen molar-refractivity contribution in [2.24, 2.45) is 0 Å². The predicted octanol–water partition coefficient (Wildman–Crippen LogP) is 3.47. The van der Waals surface area contributed by atoms with Gasteiger partial charge in [0.25, 0.3) is 5.22 Å². The molecule has 0 saturated carbocycles. The average molecular weight is 279 g/mol. The Morgan fingerprint density at radius 2 is 1.84 bits per heavy atom. The van der Waals surface area contributed by atoms with E-state index in [0.717, 1.165) is 28.7 Å². The largest absolute Gasteiger partial charge is 0.497 e. The molecule has 5 heteroatoms. The van der Waals surface area contributed by atoms with Crippen LogP contribution in [0.3, 0.4) is 0 Å². The van der Waals surface area contributed by atoms with Crippen molar-refractivity contribution in [3.63, 3.8) is 0 Å². The monoisotopic (exact) mass is 279 g/mol. The zero-order valence-electron chi connectivity index (χ0n) is 11.3. The molecule has 1 heterocycles. The smallest absolute Gasteiger partial charge is 0.256 e. The lowest BCUT2D eigenvalue weighted by Crippen LogP contribution is -1.99. The maximum atomic E-state index is 5.62. The van der Waals surface area contributed by atoms with E-state index in [0.29, 0.717) is 11.8 Å². The van der Waals surface area contributed by atoms with Gasteiger partial charge in [0.05, 0.1) is 19.4 Å². The molecule has 0 saturated heterocycles. The molecule has 0 N–H and O–H groups in total. The van der Waals surface area contributed by atoms with E-state index in [1.54, 1.807) is 18.9 Å². The van der Waals surface area contributed by atoms with Gasteiger partial charge in [-0.15, -0.1) is 0 Å². The maximum absolute atomic E-state index is 5.62. The number of methoxy groups -OCH3 is 1. The Balaban J connectivity index is 1.74. The van der Waals surface area contributed by atoms with Crippen LogP contribution in [0.4, 0.5) is 0 Å². The van der Waals surface area contributed by atoms with E-state index in [9.17, 15) is 0 Å². The SMILES string of the molecule is COc1ccc(OCCSc2nc(C)c(C)o2)cc1. The number of aromatic nitrogens is 1. The highest BCUT2D eigenvalue weighted by atomic mass is 32.2. The van der Waals surface area contributed by atoms with Gasteiger partial charge < -0.3 is 13.9 Å². The van der Waals surface area contributed by atoms with E-state index in [-0.39, 0.29) is 0 Å². The van der Waals surface area contributed by atoms with E-state index in [1.165, 1.54) is 0 Å². The van der Waals surface area contributed by atoms with Crippen molar-refractivity contribution in [3.8, 4) is 11.5 Å². The lowest BCUT2D eigenvalue weighted by Gasteiger charge is -2.05. The van der Waals surface area contributed by atoms with Gasteiger partial charge in [0.1, 0.15) is 17.3 Å². The number of rotatable bonds is 6. The maximum Gasteiger partial charge on any atom is 0.256 e. The highest BCUT2D eigenvalue weighted by Gasteiger charge is 2.05. The molecule has 0 aliphatic rings. The third kappa shape index (κ3) is 3.92. The van der Waals surface area contributed by atoms with Crippen LogP contribution in [0.5, 0.6) is 11.5 Å². The van der Waals surface area contributed by atoms with Crippen molar-refractivity contribution >= 4 is 11.8 Å². The molecule has 0 spiro atoms. The number of nitrogens with zero attached hydrogens (tertiary/aromatic N) is 1. The third-order valence-corrected chi connectivity index (χ3v) is 3.44. The van der Waals surface area contributed by atoms with E-state index < -0.39 is 0 Å². The van der Waals surface area contributed by atoms with Crippen LogP contribution in [-0.2, 0) is 0 Å². The van der Waals surface area contributed by atoms with Gasteiger partial charge in [-0.3, -0.25) is 0 Å². The second-order valence-corrected chi connectivity index (χ2v) is 5.04. The fourth-order valence-corrected chi connectivity index (χ4v) is 2.19. The molecule has 2 aromatic rings. The van der Waals surface area contributed by atoms with E-state index in [4.69, 9.17) is 13.9 Å². The summed E-state index contributed by atoms with van der Waals surface area (Å²) in [6, 6.07) is 7.54. The molecule has 0 atom stereocenters. The zero-order valence-corrected chi connectivity index (χ0v) is 12.1. The Bertz CT molecular complexity index is 502. The first-order valence-corrected chi connectivity index (χ1v) is 7.01. The van der Waals surface area contributed by atoms with E-state index in [1.807, 2.05) is 38.1 Å². The van der Waals surface area contributed by atoms with Crippen LogP contribution in [0, 0.1) is 13.8 Å². The quantitative estimate of drug-likeness (QED) is 0.598. The number of oxazole rings is 1. The van der Waals surface area contributed by atoms with Crippen LogP contribution in [0.2, 0.25) is 0 Å². The first-order chi connectivity index (χ1) is 9.19. The minimum absolute atomic E-state index is 0.609. The molecular formula is C14H17NO3S. The van der Waals surface area contributed by atoms with E-state index in [2.05, 4.69) is 4.98 Å². The summed E-state index contributed by atoms with van der Waals surface area (Å²) in [6.45, 7) is 4.47. The van der Waals surface area contributed by atoms with E-state index >= 15 is 0 Å². The second kappa shape index (κ2) is 6.52. The fraction of sp³-hybridized carbons (Fsp3) is 0.357. The van der Waals surface area contributed by atoms with Crippen LogP contribution >= 0.6 is 11.8 Å². The molecular weight excluding hydrogens is 262 g/mol. The van der Waals surface area contributed by atoms with Crippen LogP contribution in [0.25, 0.3) is 0 Å². The average Bonchev–Trinajstić information content (AvgIpc) is 2.74. The zero-order chi connectivity index (χ0) is 13.7. The summed E-state index contributed by atoms with van der Waals surface area (Å²) >= 11 is 1.55. The predicted molar refractivity (Wildman–Crippen MR) is 75.2 cm³/mol. The van der Waals surface area contributed by atoms with Gasteiger partial charge in [-0.25, -0.2) is 4.98 Å². The molecule has 0 radical (unpaired) electrons. The minimum Gasteiger partial charge on any atom is -0.497 e. The lowest BCUT2D eigenvalue weighted by molar-refractivity contribution is 0.341. The molecule has 0 fully saturated rings. The van der Waals surface area contributed by atoms with Gasteiger partial charge in [-0.05, 0) is 38.1 Å². The highest BCUT2D eigenvalue weighted by molar-refractivity contribution is 7.99. The second-order valence-electron chi connectivity index (χ2n) is 3.99. The molecule has 2 rings (SSSR count). The van der Waals surface area contributed by atoms with Gasteiger partial charge in [-0.1, -0.05) is 11.8 Å². The van der Waals surface area contributed by atoms with Gasteiger partial charge in [0.15, 0.2) is 0 Å². The molecule has 19 heavy (non-hydrogen) atoms. The number of ether oxygens (including phenoxy) is 2. The molecule has 102 valence electrons. The Morgan fingerprint density at radius 3 is 2.42 bits per heavy atom. The standard InChI is InChI=1S/C14H17NO3S/c1-10-11(2)18-14(15-10)19-9-8-17-13-6-4-12(16-3)5-7-13/h4-7H,8-9H2,1-3H3. The molecule has 0 aliphatic heterocycles. The number of hydrogen-bond donors (Lipinski definition) is 0. The summed E-state index contributed by atoms with van der Waals surface area (Å²) in [5.74, 6) is 3.33. The van der Waals surface area contributed by atoms with Gasteiger partial charge >= 0.3 is 0 Å². The Hall–Kier alpha value is -1.62. The first kappa shape index (κ1) is 13.8. The van der Waals surface area contributed by atoms with Gasteiger partial charge in [0, 0.05) is 5.75 Å². The summed E-state index contributed by atoms with van der Waals surface area (Å²) in [5.41, 5.74) is 0.943. The fourth-order valence-electron chi connectivity index (χ4n) is 1.47. The number of aryl methyl sites for hydroxylation is 2.